The summed E-state index contributed by atoms with van der Waals surface area (Å²) >= 11 is 3.13. The van der Waals surface area contributed by atoms with Gasteiger partial charge in [0.25, 0.3) is 0 Å². The predicted molar refractivity (Wildman–Crippen MR) is 42.8 cm³/mol. The van der Waals surface area contributed by atoms with E-state index in [1.54, 1.807) is 19.1 Å². The van der Waals surface area contributed by atoms with Crippen LogP contribution in [0.1, 0.15) is 6.92 Å². The number of aliphatic hydroxyl groups is 2. The molecule has 0 aromatic carbocycles. The van der Waals surface area contributed by atoms with Gasteiger partial charge in [-0.15, -0.1) is 0 Å². The molecular weight excluding hydrogens is 196 g/mol. The summed E-state index contributed by atoms with van der Waals surface area (Å²) < 4.78 is 0.630. The lowest BCUT2D eigenvalue weighted by atomic mass is 10.0. The van der Waals surface area contributed by atoms with Gasteiger partial charge in [-0.25, -0.2) is 0 Å². The van der Waals surface area contributed by atoms with Gasteiger partial charge in [-0.05, 0) is 18.6 Å². The number of rotatable bonds is 0. The average Bonchev–Trinajstić information content (AvgIpc) is 1.93. The van der Waals surface area contributed by atoms with Crippen LogP contribution in [0.5, 0.6) is 0 Å². The highest BCUT2D eigenvalue weighted by molar-refractivity contribution is 9.11. The molecule has 1 rings (SSSR count). The van der Waals surface area contributed by atoms with Crippen molar-refractivity contribution in [3.05, 3.63) is 22.2 Å². The van der Waals surface area contributed by atoms with Crippen molar-refractivity contribution < 1.29 is 10.2 Å². The smallest absolute Gasteiger partial charge is 0.115 e. The van der Waals surface area contributed by atoms with E-state index in [2.05, 4.69) is 15.9 Å². The fraction of sp³-hybridized carbons (Fsp3) is 0.429. The van der Waals surface area contributed by atoms with Crippen molar-refractivity contribution in [1.29, 1.82) is 0 Å². The normalized spacial score (nSPS) is 33.2. The minimum absolute atomic E-state index is 0.630. The highest BCUT2D eigenvalue weighted by Gasteiger charge is 2.22. The van der Waals surface area contributed by atoms with Crippen molar-refractivity contribution in [3.8, 4) is 0 Å². The van der Waals surface area contributed by atoms with Gasteiger partial charge < -0.3 is 10.2 Å². The Balaban J connectivity index is 2.86. The number of halogens is 1. The van der Waals surface area contributed by atoms with Crippen LogP contribution in [0.2, 0.25) is 0 Å². The maximum absolute atomic E-state index is 9.23. The molecule has 0 aromatic heterocycles. The molecule has 0 aliphatic heterocycles. The molecule has 0 unspecified atom stereocenters. The second-order valence-corrected chi connectivity index (χ2v) is 3.27. The Morgan fingerprint density at radius 3 is 2.40 bits per heavy atom. The molecule has 2 N–H and O–H groups in total. The molecule has 0 saturated heterocycles. The summed E-state index contributed by atoms with van der Waals surface area (Å²) in [4.78, 5) is 0. The first-order chi connectivity index (χ1) is 4.63. The third kappa shape index (κ3) is 1.31. The largest absolute Gasteiger partial charge is 0.386 e. The number of hydrogen-bond acceptors (Lipinski definition) is 2. The van der Waals surface area contributed by atoms with E-state index in [1.165, 1.54) is 0 Å². The molecule has 1 aliphatic carbocycles. The van der Waals surface area contributed by atoms with Gasteiger partial charge in [0, 0.05) is 4.48 Å². The summed E-state index contributed by atoms with van der Waals surface area (Å²) in [5.41, 5.74) is 0.788. The molecule has 56 valence electrons. The van der Waals surface area contributed by atoms with E-state index in [4.69, 9.17) is 0 Å². The fourth-order valence-corrected chi connectivity index (χ4v) is 1.19. The lowest BCUT2D eigenvalue weighted by Crippen LogP contribution is -2.28. The second-order valence-electron chi connectivity index (χ2n) is 2.35. The molecule has 0 aromatic rings. The average molecular weight is 205 g/mol. The number of allylic oxidation sites excluding steroid dienone is 2. The molecule has 2 atom stereocenters. The van der Waals surface area contributed by atoms with Gasteiger partial charge in [0.15, 0.2) is 0 Å². The molecule has 0 heterocycles. The summed E-state index contributed by atoms with van der Waals surface area (Å²) in [5, 5.41) is 18.4. The molecule has 2 nitrogen and oxygen atoms in total. The first kappa shape index (κ1) is 7.98. The van der Waals surface area contributed by atoms with E-state index in [1.807, 2.05) is 0 Å². The van der Waals surface area contributed by atoms with Crippen LogP contribution in [0, 0.1) is 0 Å². The van der Waals surface area contributed by atoms with Crippen molar-refractivity contribution in [3.63, 3.8) is 0 Å². The molecule has 0 fully saturated rings. The van der Waals surface area contributed by atoms with Gasteiger partial charge in [0.2, 0.25) is 0 Å². The molecule has 0 spiro atoms. The third-order valence-corrected chi connectivity index (χ3v) is 2.29. The quantitative estimate of drug-likeness (QED) is 0.618. The molecular formula is C7H9BrO2. The monoisotopic (exact) mass is 204 g/mol. The molecule has 0 amide bonds. The van der Waals surface area contributed by atoms with Gasteiger partial charge in [0.05, 0.1) is 0 Å². The van der Waals surface area contributed by atoms with E-state index in [9.17, 15) is 10.2 Å². The Hall–Kier alpha value is -0.120. The second kappa shape index (κ2) is 2.86. The van der Waals surface area contributed by atoms with E-state index < -0.39 is 12.2 Å². The van der Waals surface area contributed by atoms with Crippen molar-refractivity contribution >= 4 is 15.9 Å². The molecule has 0 bridgehead atoms. The van der Waals surface area contributed by atoms with E-state index in [0.29, 0.717) is 4.48 Å². The Labute approximate surface area is 68.0 Å². The Kier molecular flexibility index (Phi) is 2.28. The molecule has 0 radical (unpaired) electrons. The minimum atomic E-state index is -0.787. The Morgan fingerprint density at radius 2 is 1.90 bits per heavy atom. The van der Waals surface area contributed by atoms with Crippen LogP contribution in [-0.4, -0.2) is 22.4 Å². The maximum atomic E-state index is 9.23. The van der Waals surface area contributed by atoms with E-state index >= 15 is 0 Å². The van der Waals surface area contributed by atoms with Crippen molar-refractivity contribution in [2.45, 2.75) is 19.1 Å². The van der Waals surface area contributed by atoms with Crippen LogP contribution < -0.4 is 0 Å². The number of aliphatic hydroxyl groups excluding tert-OH is 2. The van der Waals surface area contributed by atoms with Crippen LogP contribution in [0.15, 0.2) is 22.2 Å². The van der Waals surface area contributed by atoms with Gasteiger partial charge in [-0.2, -0.15) is 0 Å². The van der Waals surface area contributed by atoms with E-state index in [0.717, 1.165) is 5.57 Å². The number of hydrogen-bond donors (Lipinski definition) is 2. The highest BCUT2D eigenvalue weighted by Crippen LogP contribution is 2.23. The summed E-state index contributed by atoms with van der Waals surface area (Å²) in [5.74, 6) is 0. The van der Waals surface area contributed by atoms with Crippen LogP contribution in [0.4, 0.5) is 0 Å². The zero-order valence-electron chi connectivity index (χ0n) is 5.58. The zero-order valence-corrected chi connectivity index (χ0v) is 7.17. The van der Waals surface area contributed by atoms with Crippen molar-refractivity contribution in [2.75, 3.05) is 0 Å². The van der Waals surface area contributed by atoms with Crippen LogP contribution >= 0.6 is 15.9 Å². The summed E-state index contributed by atoms with van der Waals surface area (Å²) in [6, 6.07) is 0. The Bertz CT molecular complexity index is 174. The van der Waals surface area contributed by atoms with Gasteiger partial charge >= 0.3 is 0 Å². The first-order valence-corrected chi connectivity index (χ1v) is 3.82. The summed E-state index contributed by atoms with van der Waals surface area (Å²) in [6.45, 7) is 1.78. The van der Waals surface area contributed by atoms with Crippen molar-refractivity contribution in [1.82, 2.24) is 0 Å². The van der Waals surface area contributed by atoms with Crippen LogP contribution in [0.3, 0.4) is 0 Å². The third-order valence-electron chi connectivity index (χ3n) is 1.55. The lowest BCUT2D eigenvalue weighted by Gasteiger charge is -2.21. The molecule has 10 heavy (non-hydrogen) atoms. The topological polar surface area (TPSA) is 40.5 Å². The highest BCUT2D eigenvalue weighted by atomic mass is 79.9. The summed E-state index contributed by atoms with van der Waals surface area (Å²) in [7, 11) is 0. The van der Waals surface area contributed by atoms with Gasteiger partial charge in [0.1, 0.15) is 12.2 Å². The van der Waals surface area contributed by atoms with Crippen molar-refractivity contribution in [2.24, 2.45) is 0 Å². The first-order valence-electron chi connectivity index (χ1n) is 3.03. The molecule has 3 heteroatoms. The Morgan fingerprint density at radius 1 is 1.30 bits per heavy atom. The van der Waals surface area contributed by atoms with Crippen LogP contribution in [0.25, 0.3) is 0 Å². The summed E-state index contributed by atoms with van der Waals surface area (Å²) in [6.07, 6.45) is 1.98. The van der Waals surface area contributed by atoms with Gasteiger partial charge in [-0.1, -0.05) is 22.0 Å². The lowest BCUT2D eigenvalue weighted by molar-refractivity contribution is 0.0697. The fourth-order valence-electron chi connectivity index (χ4n) is 0.808. The zero-order chi connectivity index (χ0) is 7.72. The maximum Gasteiger partial charge on any atom is 0.115 e. The van der Waals surface area contributed by atoms with Crippen LogP contribution in [-0.2, 0) is 0 Å². The predicted octanol–water partition coefficient (Wildman–Crippen LogP) is 0.947. The SMILES string of the molecule is CC1=CC=C(Br)[C@@H](O)[C@H]1O. The minimum Gasteiger partial charge on any atom is -0.386 e. The molecule has 0 saturated carbocycles. The van der Waals surface area contributed by atoms with Gasteiger partial charge in [-0.3, -0.25) is 0 Å². The van der Waals surface area contributed by atoms with E-state index in [-0.39, 0.29) is 0 Å². The molecule has 1 aliphatic rings. The standard InChI is InChI=1S/C7H9BrO2/c1-4-2-3-5(8)7(10)6(4)9/h2-3,6-7,9-10H,1H3/t6-,7+/m0/s1.